The molecule has 3 aliphatic rings. The van der Waals surface area contributed by atoms with E-state index >= 15 is 4.11 Å². The molecule has 0 unspecified atom stereocenters. The summed E-state index contributed by atoms with van der Waals surface area (Å²) >= 11 is 0. The summed E-state index contributed by atoms with van der Waals surface area (Å²) in [5.74, 6) is -2.03. The zero-order valence-corrected chi connectivity index (χ0v) is 31.1. The molecule has 3 aromatic carbocycles. The number of amides is 3. The van der Waals surface area contributed by atoms with Gasteiger partial charge in [0.15, 0.2) is 5.60 Å². The van der Waals surface area contributed by atoms with Gasteiger partial charge in [-0.15, -0.1) is 0 Å². The molecule has 1 fully saturated rings. The molecule has 5 atom stereocenters. The standard InChI is InChI=1S/C39H47FN4O7Si/c1-24-36(52(3,4)40)33(21-34(46)44-22-27-10-6-5-9-26(27)19-30(44)23-45)51-39(24)31-20-29(42-37(48)25-12-14-28(41)15-13-25)16-17-32(31)43(38(39)49)18-8-7-11-35(47)50-2/h5-6,9-10,12-17,20,24,30,33,36,45H,7-8,11,18-19,21-23,41H2,1-4H3,(H,42,48)/t24-,30+,33+,36-,39+/m1/s1. The van der Waals surface area contributed by atoms with Crippen molar-refractivity contribution in [3.63, 3.8) is 0 Å². The number of fused-ring (bicyclic) bond motifs is 3. The molecule has 0 aliphatic carbocycles. The minimum atomic E-state index is -3.60. The van der Waals surface area contributed by atoms with E-state index in [1.165, 1.54) is 7.11 Å². The van der Waals surface area contributed by atoms with Crippen LogP contribution in [0.5, 0.6) is 0 Å². The van der Waals surface area contributed by atoms with E-state index in [0.29, 0.717) is 54.0 Å². The third kappa shape index (κ3) is 6.96. The van der Waals surface area contributed by atoms with E-state index in [4.69, 9.17) is 15.2 Å². The fourth-order valence-corrected chi connectivity index (χ4v) is 10.9. The topological polar surface area (TPSA) is 152 Å². The zero-order chi connectivity index (χ0) is 37.4. The number of hydrogen-bond acceptors (Lipinski definition) is 8. The van der Waals surface area contributed by atoms with Gasteiger partial charge >= 0.3 is 5.97 Å². The summed E-state index contributed by atoms with van der Waals surface area (Å²) in [6.45, 7) is 5.34. The number of rotatable bonds is 11. The van der Waals surface area contributed by atoms with Crippen LogP contribution in [0, 0.1) is 5.92 Å². The number of nitrogen functional groups attached to an aromatic ring is 1. The number of benzene rings is 3. The lowest BCUT2D eigenvalue weighted by molar-refractivity contribution is -0.151. The highest BCUT2D eigenvalue weighted by atomic mass is 28.4. The fraction of sp³-hybridized carbons (Fsp3) is 0.436. The predicted molar refractivity (Wildman–Crippen MR) is 198 cm³/mol. The number of unbranched alkanes of at least 4 members (excludes halogenated alkanes) is 1. The number of aliphatic hydroxyl groups is 1. The van der Waals surface area contributed by atoms with Crippen LogP contribution in [-0.4, -0.2) is 74.5 Å². The quantitative estimate of drug-likeness (QED) is 0.0789. The van der Waals surface area contributed by atoms with E-state index < -0.39 is 37.6 Å². The number of nitrogens with two attached hydrogens (primary N) is 1. The number of nitrogens with zero attached hydrogens (tertiary/aromatic N) is 2. The number of anilines is 3. The molecular formula is C39H47FN4O7Si. The Morgan fingerprint density at radius 1 is 1.08 bits per heavy atom. The van der Waals surface area contributed by atoms with Gasteiger partial charge in [-0.05, 0) is 85.9 Å². The van der Waals surface area contributed by atoms with E-state index in [-0.39, 0.29) is 49.7 Å². The van der Waals surface area contributed by atoms with E-state index in [0.717, 1.165) is 11.1 Å². The number of esters is 1. The van der Waals surface area contributed by atoms with Crippen molar-refractivity contribution in [3.8, 4) is 0 Å². The lowest BCUT2D eigenvalue weighted by Crippen LogP contribution is -2.48. The smallest absolute Gasteiger partial charge is 0.305 e. The van der Waals surface area contributed by atoms with Gasteiger partial charge in [-0.1, -0.05) is 31.2 Å². The van der Waals surface area contributed by atoms with Crippen molar-refractivity contribution in [1.29, 1.82) is 0 Å². The van der Waals surface area contributed by atoms with Crippen molar-refractivity contribution in [3.05, 3.63) is 89.0 Å². The molecule has 6 rings (SSSR count). The molecule has 0 saturated carbocycles. The van der Waals surface area contributed by atoms with Gasteiger partial charge in [-0.25, -0.2) is 0 Å². The van der Waals surface area contributed by atoms with Gasteiger partial charge in [-0.2, -0.15) is 0 Å². The molecule has 3 amide bonds. The molecular weight excluding hydrogens is 684 g/mol. The number of halogens is 1. The maximum absolute atomic E-state index is 16.5. The number of nitrogens with one attached hydrogen (secondary N) is 1. The van der Waals surface area contributed by atoms with Crippen molar-refractivity contribution in [2.24, 2.45) is 5.92 Å². The minimum Gasteiger partial charge on any atom is -0.469 e. The second kappa shape index (κ2) is 14.8. The number of aliphatic hydroxyl groups excluding tert-OH is 1. The Kier molecular flexibility index (Phi) is 10.6. The Balaban J connectivity index is 1.34. The number of ether oxygens (including phenoxy) is 2. The Morgan fingerprint density at radius 3 is 2.46 bits per heavy atom. The first-order chi connectivity index (χ1) is 24.8. The van der Waals surface area contributed by atoms with Crippen molar-refractivity contribution in [1.82, 2.24) is 4.90 Å². The largest absolute Gasteiger partial charge is 0.469 e. The molecule has 3 aliphatic heterocycles. The van der Waals surface area contributed by atoms with Gasteiger partial charge < -0.3 is 39.5 Å². The molecule has 276 valence electrons. The number of carbonyl (C=O) groups is 4. The maximum atomic E-state index is 16.5. The van der Waals surface area contributed by atoms with Gasteiger partial charge in [0.1, 0.15) is 0 Å². The van der Waals surface area contributed by atoms with Crippen molar-refractivity contribution >= 4 is 49.2 Å². The fourth-order valence-electron chi connectivity index (χ4n) is 8.36. The average molecular weight is 731 g/mol. The highest BCUT2D eigenvalue weighted by Crippen LogP contribution is 2.60. The Hall–Kier alpha value is -4.59. The van der Waals surface area contributed by atoms with Gasteiger partial charge in [0.2, 0.25) is 14.3 Å². The highest BCUT2D eigenvalue weighted by molar-refractivity contribution is 6.72. The maximum Gasteiger partial charge on any atom is 0.305 e. The lowest BCUT2D eigenvalue weighted by Gasteiger charge is -2.37. The number of carbonyl (C=O) groups excluding carboxylic acids is 4. The van der Waals surface area contributed by atoms with Crippen LogP contribution < -0.4 is 16.0 Å². The first-order valence-electron chi connectivity index (χ1n) is 17.8. The Labute approximate surface area is 304 Å². The van der Waals surface area contributed by atoms with Crippen LogP contribution in [-0.2, 0) is 42.4 Å². The molecule has 4 N–H and O–H groups in total. The van der Waals surface area contributed by atoms with Gasteiger partial charge in [0, 0.05) is 53.5 Å². The third-order valence-electron chi connectivity index (χ3n) is 10.9. The van der Waals surface area contributed by atoms with Crippen LogP contribution in [0.4, 0.5) is 21.2 Å². The number of methoxy groups -OCH3 is 1. The van der Waals surface area contributed by atoms with Gasteiger partial charge in [0.25, 0.3) is 11.8 Å². The van der Waals surface area contributed by atoms with Gasteiger partial charge in [0.05, 0.1) is 38.0 Å². The van der Waals surface area contributed by atoms with Gasteiger partial charge in [-0.3, -0.25) is 19.2 Å². The molecule has 52 heavy (non-hydrogen) atoms. The second-order valence-electron chi connectivity index (χ2n) is 14.6. The SMILES string of the molecule is COC(=O)CCCCN1C(=O)[C@@]2(O[C@@H](CC(=O)N3Cc4ccccc4C[C@H]3CO)[C@H]([Si](C)(C)F)[C@H]2C)c2cc(NC(=O)c3ccc(N)cc3)ccc21. The molecule has 0 aromatic heterocycles. The van der Waals surface area contributed by atoms with Crippen LogP contribution in [0.15, 0.2) is 66.7 Å². The third-order valence-corrected chi connectivity index (χ3v) is 13.4. The highest BCUT2D eigenvalue weighted by Gasteiger charge is 2.67. The Bertz CT molecular complexity index is 1850. The minimum absolute atomic E-state index is 0.162. The monoisotopic (exact) mass is 730 g/mol. The van der Waals surface area contributed by atoms with Crippen LogP contribution >= 0.6 is 0 Å². The van der Waals surface area contributed by atoms with Crippen molar-refractivity contribution < 1.29 is 37.9 Å². The molecule has 3 heterocycles. The predicted octanol–water partition coefficient (Wildman–Crippen LogP) is 5.32. The van der Waals surface area contributed by atoms with Crippen molar-refractivity contribution in [2.75, 3.05) is 36.2 Å². The summed E-state index contributed by atoms with van der Waals surface area (Å²) in [6.07, 6.45) is 0.594. The van der Waals surface area contributed by atoms with E-state index in [1.54, 1.807) is 65.4 Å². The zero-order valence-electron chi connectivity index (χ0n) is 30.1. The molecule has 3 aromatic rings. The van der Waals surface area contributed by atoms with E-state index in [2.05, 4.69) is 5.32 Å². The van der Waals surface area contributed by atoms with E-state index in [1.807, 2.05) is 31.2 Å². The molecule has 13 heteroatoms. The van der Waals surface area contributed by atoms with Crippen LogP contribution in [0.1, 0.15) is 59.7 Å². The molecule has 1 spiro atoms. The molecule has 1 saturated heterocycles. The first-order valence-corrected chi connectivity index (χ1v) is 20.8. The normalized spacial score (nSPS) is 23.8. The summed E-state index contributed by atoms with van der Waals surface area (Å²) in [5, 5.41) is 13.2. The van der Waals surface area contributed by atoms with Crippen molar-refractivity contribution in [2.45, 2.75) is 82.0 Å². The van der Waals surface area contributed by atoms with E-state index in [9.17, 15) is 24.3 Å². The molecule has 0 bridgehead atoms. The summed E-state index contributed by atoms with van der Waals surface area (Å²) in [7, 11) is -2.27. The average Bonchev–Trinajstić information content (AvgIpc) is 3.55. The van der Waals surface area contributed by atoms with Crippen LogP contribution in [0.2, 0.25) is 18.6 Å². The summed E-state index contributed by atoms with van der Waals surface area (Å²) in [6, 6.07) is 19.0. The Morgan fingerprint density at radius 2 is 1.79 bits per heavy atom. The second-order valence-corrected chi connectivity index (χ2v) is 18.4. The first kappa shape index (κ1) is 37.2. The summed E-state index contributed by atoms with van der Waals surface area (Å²) in [4.78, 5) is 57.2. The van der Waals surface area contributed by atoms with Crippen LogP contribution in [0.25, 0.3) is 0 Å². The summed E-state index contributed by atoms with van der Waals surface area (Å²) in [5.41, 5.74) is 7.90. The molecule has 0 radical (unpaired) electrons. The lowest BCUT2D eigenvalue weighted by atomic mass is 9.82. The summed E-state index contributed by atoms with van der Waals surface area (Å²) < 4.78 is 28.2. The number of hydrogen-bond donors (Lipinski definition) is 3. The molecule has 11 nitrogen and oxygen atoms in total. The van der Waals surface area contributed by atoms with Crippen LogP contribution in [0.3, 0.4) is 0 Å².